The number of hydrogen-bond acceptors (Lipinski definition) is 6. The third-order valence-corrected chi connectivity index (χ3v) is 12.2. The number of nitrogens with one attached hydrogen (secondary N) is 1. The van der Waals surface area contributed by atoms with Crippen LogP contribution in [0.3, 0.4) is 0 Å². The molecule has 0 rings (SSSR count). The van der Waals surface area contributed by atoms with E-state index < -0.39 is 26.6 Å². The highest BCUT2D eigenvalue weighted by Gasteiger charge is 2.23. The minimum atomic E-state index is -4.62. The molecule has 67 heavy (non-hydrogen) atoms. The molecule has 0 radical (unpaired) electrons. The van der Waals surface area contributed by atoms with E-state index in [0.29, 0.717) is 17.4 Å². The Hall–Kier alpha value is -2.84. The predicted molar refractivity (Wildman–Crippen MR) is 288 cm³/mol. The minimum Gasteiger partial charge on any atom is -0.756 e. The molecule has 0 bridgehead atoms. The van der Waals surface area contributed by atoms with E-state index in [4.69, 9.17) is 9.05 Å². The van der Waals surface area contributed by atoms with Gasteiger partial charge in [0, 0.05) is 6.42 Å². The first-order valence-corrected chi connectivity index (χ1v) is 28.2. The number of likely N-dealkylation sites (N-methyl/N-ethyl adjacent to an activating group) is 1. The SMILES string of the molecule is CC/C=C\C/C=C\C/C=C\C/C=C\C/C=C\C/C=C\C/C=C\CCCCCCCC(=O)NC(COP(=O)([O-])OCC[N+](C)(C)C)C(O)/C=C/CC/C=C/CCCCCCCCCCCCCC. The third kappa shape index (κ3) is 50.9. The van der Waals surface area contributed by atoms with Crippen molar-refractivity contribution >= 4 is 13.7 Å². The van der Waals surface area contributed by atoms with Gasteiger partial charge in [-0.05, 0) is 89.9 Å². The zero-order valence-electron chi connectivity index (χ0n) is 43.6. The van der Waals surface area contributed by atoms with Crippen molar-refractivity contribution in [1.29, 1.82) is 0 Å². The lowest BCUT2D eigenvalue weighted by atomic mass is 10.0. The van der Waals surface area contributed by atoms with Crippen molar-refractivity contribution in [2.45, 2.75) is 212 Å². The molecule has 3 unspecified atom stereocenters. The number of phosphoric acid groups is 1. The van der Waals surface area contributed by atoms with E-state index in [1.165, 1.54) is 77.0 Å². The van der Waals surface area contributed by atoms with Gasteiger partial charge in [0.25, 0.3) is 7.82 Å². The summed E-state index contributed by atoms with van der Waals surface area (Å²) in [5.41, 5.74) is 0. The molecule has 0 heterocycles. The Kier molecular flexibility index (Phi) is 46.2. The molecule has 1 amide bonds. The molecule has 384 valence electrons. The van der Waals surface area contributed by atoms with Gasteiger partial charge in [0.05, 0.1) is 39.9 Å². The van der Waals surface area contributed by atoms with Crippen molar-refractivity contribution < 1.29 is 32.9 Å². The molecule has 2 N–H and O–H groups in total. The molecular formula is C58H101N2O6P. The molecule has 0 aliphatic carbocycles. The van der Waals surface area contributed by atoms with Gasteiger partial charge in [0.15, 0.2) is 0 Å². The van der Waals surface area contributed by atoms with Gasteiger partial charge in [0.1, 0.15) is 13.2 Å². The highest BCUT2D eigenvalue weighted by molar-refractivity contribution is 7.45. The summed E-state index contributed by atoms with van der Waals surface area (Å²) >= 11 is 0. The second-order valence-corrected chi connectivity index (χ2v) is 20.2. The van der Waals surface area contributed by atoms with E-state index in [1.54, 1.807) is 6.08 Å². The van der Waals surface area contributed by atoms with E-state index in [0.717, 1.165) is 103 Å². The number of carbonyl (C=O) groups is 1. The summed E-state index contributed by atoms with van der Waals surface area (Å²) in [4.78, 5) is 25.4. The number of aliphatic hydroxyl groups is 1. The van der Waals surface area contributed by atoms with E-state index >= 15 is 0 Å². The van der Waals surface area contributed by atoms with Crippen molar-refractivity contribution in [2.24, 2.45) is 0 Å². The maximum absolute atomic E-state index is 12.9. The molecule has 0 aromatic heterocycles. The van der Waals surface area contributed by atoms with Crippen molar-refractivity contribution in [3.05, 3.63) is 109 Å². The van der Waals surface area contributed by atoms with Gasteiger partial charge >= 0.3 is 0 Å². The Morgan fingerprint density at radius 3 is 1.39 bits per heavy atom. The Balaban J connectivity index is 4.39. The number of phosphoric ester groups is 1. The van der Waals surface area contributed by atoms with Crippen LogP contribution in [0.2, 0.25) is 0 Å². The summed E-state index contributed by atoms with van der Waals surface area (Å²) in [5.74, 6) is -0.231. The molecule has 0 saturated heterocycles. The lowest BCUT2D eigenvalue weighted by molar-refractivity contribution is -0.870. The number of carbonyl (C=O) groups excluding carboxylic acids is 1. The summed E-state index contributed by atoms with van der Waals surface area (Å²) in [6.07, 6.45) is 70.1. The molecule has 3 atom stereocenters. The summed E-state index contributed by atoms with van der Waals surface area (Å²) in [6, 6.07) is -0.922. The molecular weight excluding hydrogens is 852 g/mol. The van der Waals surface area contributed by atoms with Crippen LogP contribution in [0.25, 0.3) is 0 Å². The monoisotopic (exact) mass is 953 g/mol. The molecule has 0 saturated carbocycles. The van der Waals surface area contributed by atoms with Crippen LogP contribution >= 0.6 is 7.82 Å². The minimum absolute atomic E-state index is 0.0167. The van der Waals surface area contributed by atoms with Crippen molar-refractivity contribution in [1.82, 2.24) is 5.32 Å². The zero-order valence-corrected chi connectivity index (χ0v) is 44.5. The summed E-state index contributed by atoms with van der Waals surface area (Å²) in [6.45, 7) is 4.48. The number of allylic oxidation sites excluding steroid dienone is 17. The first-order chi connectivity index (χ1) is 32.5. The van der Waals surface area contributed by atoms with E-state index in [1.807, 2.05) is 27.2 Å². The van der Waals surface area contributed by atoms with Crippen molar-refractivity contribution in [3.63, 3.8) is 0 Å². The van der Waals surface area contributed by atoms with Crippen LogP contribution in [-0.4, -0.2) is 68.5 Å². The molecule has 0 aliphatic heterocycles. The molecule has 0 aromatic carbocycles. The fourth-order valence-corrected chi connectivity index (χ4v) is 7.75. The molecule has 0 aliphatic rings. The first-order valence-electron chi connectivity index (χ1n) is 26.7. The Bertz CT molecular complexity index is 1450. The van der Waals surface area contributed by atoms with Crippen LogP contribution in [0.5, 0.6) is 0 Å². The van der Waals surface area contributed by atoms with Crippen LogP contribution in [0.1, 0.15) is 200 Å². The van der Waals surface area contributed by atoms with Gasteiger partial charge < -0.3 is 28.8 Å². The summed E-state index contributed by atoms with van der Waals surface area (Å²) in [7, 11) is 1.21. The third-order valence-electron chi connectivity index (χ3n) is 11.2. The van der Waals surface area contributed by atoms with Gasteiger partial charge in [-0.1, -0.05) is 213 Å². The van der Waals surface area contributed by atoms with Crippen molar-refractivity contribution in [2.75, 3.05) is 40.9 Å². The lowest BCUT2D eigenvalue weighted by Crippen LogP contribution is -2.45. The number of nitrogens with zero attached hydrogens (tertiary/aromatic N) is 1. The number of rotatable bonds is 47. The Morgan fingerprint density at radius 2 is 0.925 bits per heavy atom. The fraction of sp³-hybridized carbons (Fsp3) is 0.672. The second-order valence-electron chi connectivity index (χ2n) is 18.8. The van der Waals surface area contributed by atoms with Crippen LogP contribution in [0.4, 0.5) is 0 Å². The normalized spacial score (nSPS) is 14.9. The number of hydrogen-bond donors (Lipinski definition) is 2. The Labute approximate surface area is 412 Å². The summed E-state index contributed by atoms with van der Waals surface area (Å²) < 4.78 is 23.3. The van der Waals surface area contributed by atoms with Crippen LogP contribution in [-0.2, 0) is 18.4 Å². The zero-order chi connectivity index (χ0) is 49.2. The standard InChI is InChI=1S/C58H101N2O6P/c1-6-8-10-12-14-16-18-20-22-24-26-27-28-29-30-31-32-33-34-36-38-40-42-44-46-48-50-52-58(62)59-56(55-66-67(63,64)65-54-53-60(3,4)5)57(61)51-49-47-45-43-41-39-37-35-25-23-21-19-17-15-13-11-9-7-2/h8,10,14,16,20,22,26-27,29-30,32-33,36,38,41,43,49,51,56-57,61H,6-7,9,11-13,15,17-19,21,23-25,28,31,34-35,37,39-40,42,44-48,50,52-55H2,1-5H3,(H-,59,62,63,64)/b10-8-,16-14-,22-20-,27-26-,30-29-,33-32-,38-36-,43-41+,51-49+. The lowest BCUT2D eigenvalue weighted by Gasteiger charge is -2.29. The van der Waals surface area contributed by atoms with Gasteiger partial charge in [-0.2, -0.15) is 0 Å². The van der Waals surface area contributed by atoms with Gasteiger partial charge in [-0.25, -0.2) is 0 Å². The van der Waals surface area contributed by atoms with Gasteiger partial charge in [-0.15, -0.1) is 0 Å². The number of amides is 1. The van der Waals surface area contributed by atoms with Crippen LogP contribution in [0.15, 0.2) is 109 Å². The molecule has 8 nitrogen and oxygen atoms in total. The largest absolute Gasteiger partial charge is 0.756 e. The topological polar surface area (TPSA) is 108 Å². The number of unbranched alkanes of at least 4 members (excludes halogenated alkanes) is 18. The fourth-order valence-electron chi connectivity index (χ4n) is 7.03. The average Bonchev–Trinajstić information content (AvgIpc) is 3.29. The predicted octanol–water partition coefficient (Wildman–Crippen LogP) is 15.4. The van der Waals surface area contributed by atoms with Crippen LogP contribution < -0.4 is 10.2 Å². The highest BCUT2D eigenvalue weighted by atomic mass is 31.2. The van der Waals surface area contributed by atoms with Gasteiger partial charge in [-0.3, -0.25) is 9.36 Å². The van der Waals surface area contributed by atoms with E-state index in [2.05, 4.69) is 116 Å². The van der Waals surface area contributed by atoms with E-state index in [9.17, 15) is 19.4 Å². The smallest absolute Gasteiger partial charge is 0.268 e. The van der Waals surface area contributed by atoms with Crippen LogP contribution in [0, 0.1) is 0 Å². The molecule has 9 heteroatoms. The van der Waals surface area contributed by atoms with E-state index in [-0.39, 0.29) is 12.5 Å². The molecule has 0 fully saturated rings. The highest BCUT2D eigenvalue weighted by Crippen LogP contribution is 2.38. The second kappa shape index (κ2) is 48.2. The molecule has 0 spiro atoms. The van der Waals surface area contributed by atoms with Crippen molar-refractivity contribution in [3.8, 4) is 0 Å². The average molecular weight is 953 g/mol. The maximum Gasteiger partial charge on any atom is 0.268 e. The maximum atomic E-state index is 12.9. The quantitative estimate of drug-likeness (QED) is 0.0272. The molecule has 0 aromatic rings. The van der Waals surface area contributed by atoms with Gasteiger partial charge in [0.2, 0.25) is 5.91 Å². The first kappa shape index (κ1) is 64.2. The Morgan fingerprint density at radius 1 is 0.537 bits per heavy atom. The summed E-state index contributed by atoms with van der Waals surface area (Å²) in [5, 5.41) is 13.8. The number of aliphatic hydroxyl groups excluding tert-OH is 1. The number of quaternary nitrogens is 1.